The Balaban J connectivity index is 1.31. The van der Waals surface area contributed by atoms with E-state index in [-0.39, 0.29) is 18.4 Å². The summed E-state index contributed by atoms with van der Waals surface area (Å²) >= 11 is 7.99. The third-order valence-electron chi connectivity index (χ3n) is 4.74. The van der Waals surface area contributed by atoms with Gasteiger partial charge in [-0.1, -0.05) is 47.1 Å². The Bertz CT molecular complexity index is 1150. The SMILES string of the molecule is CC(Nc1ccc(NC(=O)CCc2nc(-c3ccsc3)no2)cc1Cl)c1ccccc1. The first-order chi connectivity index (χ1) is 15.1. The average Bonchev–Trinajstić information content (AvgIpc) is 3.47. The summed E-state index contributed by atoms with van der Waals surface area (Å²) in [6, 6.07) is 17.6. The van der Waals surface area contributed by atoms with Gasteiger partial charge in [-0.2, -0.15) is 16.3 Å². The number of amides is 1. The van der Waals surface area contributed by atoms with Crippen LogP contribution in [0.25, 0.3) is 11.4 Å². The molecular weight excluding hydrogens is 432 g/mol. The van der Waals surface area contributed by atoms with Gasteiger partial charge in [0, 0.05) is 35.5 Å². The molecule has 0 saturated carbocycles. The number of aryl methyl sites for hydroxylation is 1. The molecule has 0 aliphatic rings. The van der Waals surface area contributed by atoms with E-state index >= 15 is 0 Å². The van der Waals surface area contributed by atoms with E-state index in [0.29, 0.717) is 28.8 Å². The van der Waals surface area contributed by atoms with Gasteiger partial charge in [0.25, 0.3) is 0 Å². The zero-order chi connectivity index (χ0) is 21.6. The number of anilines is 2. The number of hydrogen-bond donors (Lipinski definition) is 2. The van der Waals surface area contributed by atoms with E-state index in [9.17, 15) is 4.79 Å². The highest BCUT2D eigenvalue weighted by molar-refractivity contribution is 7.08. The Morgan fingerprint density at radius 1 is 1.19 bits per heavy atom. The van der Waals surface area contributed by atoms with Crippen molar-refractivity contribution in [1.29, 1.82) is 0 Å². The molecule has 158 valence electrons. The number of hydrogen-bond acceptors (Lipinski definition) is 6. The fraction of sp³-hybridized carbons (Fsp3) is 0.174. The molecule has 4 rings (SSSR count). The summed E-state index contributed by atoms with van der Waals surface area (Å²) in [6.07, 6.45) is 0.596. The van der Waals surface area contributed by atoms with Crippen molar-refractivity contribution in [3.05, 3.63) is 81.8 Å². The Morgan fingerprint density at radius 2 is 2.03 bits per heavy atom. The van der Waals surface area contributed by atoms with Crippen LogP contribution in [0.5, 0.6) is 0 Å². The molecule has 4 aromatic rings. The molecule has 31 heavy (non-hydrogen) atoms. The summed E-state index contributed by atoms with van der Waals surface area (Å²) < 4.78 is 5.23. The molecule has 0 bridgehead atoms. The van der Waals surface area contributed by atoms with E-state index in [1.54, 1.807) is 17.4 Å². The minimum Gasteiger partial charge on any atom is -0.377 e. The number of aromatic nitrogens is 2. The number of thiophene rings is 1. The monoisotopic (exact) mass is 452 g/mol. The molecule has 0 saturated heterocycles. The smallest absolute Gasteiger partial charge is 0.227 e. The summed E-state index contributed by atoms with van der Waals surface area (Å²) in [5.74, 6) is 0.824. The second kappa shape index (κ2) is 9.76. The molecule has 0 aliphatic carbocycles. The van der Waals surface area contributed by atoms with Crippen molar-refractivity contribution in [1.82, 2.24) is 10.1 Å². The van der Waals surface area contributed by atoms with Gasteiger partial charge in [0.15, 0.2) is 0 Å². The predicted octanol–water partition coefficient (Wildman–Crippen LogP) is 6.20. The second-order valence-electron chi connectivity index (χ2n) is 7.04. The Labute approximate surface area is 189 Å². The van der Waals surface area contributed by atoms with Gasteiger partial charge in [0.2, 0.25) is 17.6 Å². The molecule has 0 aliphatic heterocycles. The van der Waals surface area contributed by atoms with Crippen molar-refractivity contribution in [2.75, 3.05) is 10.6 Å². The number of halogens is 1. The van der Waals surface area contributed by atoms with E-state index in [0.717, 1.165) is 11.3 Å². The van der Waals surface area contributed by atoms with Crippen molar-refractivity contribution in [3.8, 4) is 11.4 Å². The molecule has 2 aromatic carbocycles. The van der Waals surface area contributed by atoms with Crippen molar-refractivity contribution in [2.45, 2.75) is 25.8 Å². The van der Waals surface area contributed by atoms with Crippen molar-refractivity contribution in [2.24, 2.45) is 0 Å². The molecule has 0 spiro atoms. The van der Waals surface area contributed by atoms with Gasteiger partial charge in [-0.25, -0.2) is 0 Å². The van der Waals surface area contributed by atoms with Gasteiger partial charge < -0.3 is 15.2 Å². The molecule has 2 heterocycles. The van der Waals surface area contributed by atoms with E-state index < -0.39 is 0 Å². The molecule has 2 aromatic heterocycles. The first-order valence-electron chi connectivity index (χ1n) is 9.84. The Hall–Kier alpha value is -3.16. The quantitative estimate of drug-likeness (QED) is 0.333. The highest BCUT2D eigenvalue weighted by Gasteiger charge is 2.12. The van der Waals surface area contributed by atoms with Crippen LogP contribution in [-0.4, -0.2) is 16.0 Å². The van der Waals surface area contributed by atoms with Crippen molar-refractivity contribution >= 4 is 40.2 Å². The van der Waals surface area contributed by atoms with Gasteiger partial charge in [0.1, 0.15) is 0 Å². The molecule has 6 nitrogen and oxygen atoms in total. The Kier molecular flexibility index (Phi) is 6.64. The van der Waals surface area contributed by atoms with E-state index in [4.69, 9.17) is 16.1 Å². The summed E-state index contributed by atoms with van der Waals surface area (Å²) in [5.41, 5.74) is 3.52. The number of carbonyl (C=O) groups excluding carboxylic acids is 1. The fourth-order valence-electron chi connectivity index (χ4n) is 3.08. The number of carbonyl (C=O) groups is 1. The van der Waals surface area contributed by atoms with E-state index in [2.05, 4.69) is 39.8 Å². The van der Waals surface area contributed by atoms with Crippen molar-refractivity contribution in [3.63, 3.8) is 0 Å². The van der Waals surface area contributed by atoms with Crippen LogP contribution in [0, 0.1) is 0 Å². The number of benzene rings is 2. The zero-order valence-electron chi connectivity index (χ0n) is 16.8. The summed E-state index contributed by atoms with van der Waals surface area (Å²) in [4.78, 5) is 16.7. The van der Waals surface area contributed by atoms with Gasteiger partial charge >= 0.3 is 0 Å². The maximum atomic E-state index is 12.3. The average molecular weight is 453 g/mol. The third-order valence-corrected chi connectivity index (χ3v) is 5.73. The van der Waals surface area contributed by atoms with Crippen LogP contribution in [0.1, 0.15) is 30.8 Å². The van der Waals surface area contributed by atoms with Crippen LogP contribution >= 0.6 is 22.9 Å². The molecule has 8 heteroatoms. The van der Waals surface area contributed by atoms with Crippen LogP contribution in [-0.2, 0) is 11.2 Å². The molecule has 1 amide bonds. The second-order valence-corrected chi connectivity index (χ2v) is 8.23. The third kappa shape index (κ3) is 5.51. The first-order valence-corrected chi connectivity index (χ1v) is 11.2. The predicted molar refractivity (Wildman–Crippen MR) is 124 cm³/mol. The number of rotatable bonds is 8. The molecule has 2 N–H and O–H groups in total. The van der Waals surface area contributed by atoms with Crippen LogP contribution < -0.4 is 10.6 Å². The van der Waals surface area contributed by atoms with Gasteiger partial charge in [0.05, 0.1) is 10.7 Å². The highest BCUT2D eigenvalue weighted by Crippen LogP contribution is 2.29. The van der Waals surface area contributed by atoms with Gasteiger partial charge in [-0.15, -0.1) is 0 Å². The lowest BCUT2D eigenvalue weighted by molar-refractivity contribution is -0.116. The summed E-state index contributed by atoms with van der Waals surface area (Å²) in [7, 11) is 0. The van der Waals surface area contributed by atoms with Gasteiger partial charge in [-0.05, 0) is 42.1 Å². The van der Waals surface area contributed by atoms with Crippen LogP contribution in [0.4, 0.5) is 11.4 Å². The lowest BCUT2D eigenvalue weighted by atomic mass is 10.1. The van der Waals surface area contributed by atoms with Gasteiger partial charge in [-0.3, -0.25) is 4.79 Å². The van der Waals surface area contributed by atoms with Crippen LogP contribution in [0.15, 0.2) is 69.9 Å². The molecule has 0 radical (unpaired) electrons. The lowest BCUT2D eigenvalue weighted by Crippen LogP contribution is -2.13. The molecular formula is C23H21ClN4O2S. The molecule has 1 atom stereocenters. The van der Waals surface area contributed by atoms with Crippen molar-refractivity contribution < 1.29 is 9.32 Å². The summed E-state index contributed by atoms with van der Waals surface area (Å²) in [6.45, 7) is 2.07. The molecule has 0 fully saturated rings. The summed E-state index contributed by atoms with van der Waals surface area (Å²) in [5, 5.41) is 14.6. The number of nitrogens with zero attached hydrogens (tertiary/aromatic N) is 2. The minimum absolute atomic E-state index is 0.104. The number of nitrogens with one attached hydrogen (secondary N) is 2. The first kappa shape index (κ1) is 21.1. The maximum Gasteiger partial charge on any atom is 0.227 e. The minimum atomic E-state index is -0.148. The fourth-order valence-corrected chi connectivity index (χ4v) is 3.95. The van der Waals surface area contributed by atoms with E-state index in [1.165, 1.54) is 5.56 Å². The standard InChI is InChI=1S/C23H21ClN4O2S/c1-15(16-5-3-2-4-6-16)25-20-8-7-18(13-19(20)24)26-21(29)9-10-22-27-23(28-30-22)17-11-12-31-14-17/h2-8,11-15,25H,9-10H2,1H3,(H,26,29). The van der Waals surface area contributed by atoms with Crippen LogP contribution in [0.3, 0.4) is 0 Å². The highest BCUT2D eigenvalue weighted by atomic mass is 35.5. The lowest BCUT2D eigenvalue weighted by Gasteiger charge is -2.17. The topological polar surface area (TPSA) is 80.0 Å². The Morgan fingerprint density at radius 3 is 2.77 bits per heavy atom. The van der Waals surface area contributed by atoms with E-state index in [1.807, 2.05) is 47.2 Å². The molecule has 1 unspecified atom stereocenters. The normalized spacial score (nSPS) is 11.8. The largest absolute Gasteiger partial charge is 0.377 e. The van der Waals surface area contributed by atoms with Crippen LogP contribution in [0.2, 0.25) is 5.02 Å². The maximum absolute atomic E-state index is 12.3. The zero-order valence-corrected chi connectivity index (χ0v) is 18.4.